The van der Waals surface area contributed by atoms with Crippen LogP contribution in [0.4, 0.5) is 0 Å². The molecule has 2 N–H and O–H groups in total. The van der Waals surface area contributed by atoms with Gasteiger partial charge < -0.3 is 10.3 Å². The van der Waals surface area contributed by atoms with E-state index in [1.807, 2.05) is 0 Å². The third-order valence-corrected chi connectivity index (χ3v) is 4.99. The molecule has 0 aromatic heterocycles. The molecule has 1 rings (SSSR count). The largest absolute Gasteiger partial charge is 0.329 e. The normalized spacial score (nSPS) is 24.3. The molecule has 0 aromatic rings. The van der Waals surface area contributed by atoms with Crippen LogP contribution in [0.1, 0.15) is 20.3 Å². The van der Waals surface area contributed by atoms with Gasteiger partial charge in [-0.15, -0.1) is 0 Å². The van der Waals surface area contributed by atoms with Crippen molar-refractivity contribution in [2.24, 2.45) is 5.73 Å². The summed E-state index contributed by atoms with van der Waals surface area (Å²) in [5.41, 5.74) is 5.96. The highest BCUT2D eigenvalue weighted by atomic mass is 28.2. The molecule has 60 valence electrons. The molecule has 3 heteroatoms. The molecule has 1 aliphatic rings. The molecule has 1 aliphatic heterocycles. The zero-order valence-corrected chi connectivity index (χ0v) is 8.47. The van der Waals surface area contributed by atoms with Gasteiger partial charge in [0, 0.05) is 12.1 Å². The number of hydrogen-bond acceptors (Lipinski definition) is 2. The van der Waals surface area contributed by atoms with E-state index in [2.05, 4.69) is 18.4 Å². The maximum absolute atomic E-state index is 5.67. The van der Waals surface area contributed by atoms with Crippen LogP contribution in [0, 0.1) is 0 Å². The van der Waals surface area contributed by atoms with E-state index >= 15 is 0 Å². The third-order valence-electron chi connectivity index (χ3n) is 2.46. The number of nitrogens with two attached hydrogens (primary N) is 1. The van der Waals surface area contributed by atoms with Crippen LogP contribution < -0.4 is 5.73 Å². The van der Waals surface area contributed by atoms with E-state index in [1.54, 1.807) is 0 Å². The van der Waals surface area contributed by atoms with Crippen molar-refractivity contribution in [3.63, 3.8) is 0 Å². The molecule has 2 nitrogen and oxygen atoms in total. The fourth-order valence-electron chi connectivity index (χ4n) is 1.45. The minimum absolute atomic E-state index is 0.0954. The monoisotopic (exact) mass is 158 g/mol. The number of nitrogens with zero attached hydrogens (tertiary/aromatic N) is 1. The van der Waals surface area contributed by atoms with Gasteiger partial charge in [0.05, 0.1) is 9.68 Å². The summed E-state index contributed by atoms with van der Waals surface area (Å²) in [7, 11) is 0.0954. The molecule has 0 amide bonds. The zero-order valence-electron chi connectivity index (χ0n) is 7.06. The third kappa shape index (κ3) is 1.59. The van der Waals surface area contributed by atoms with Crippen LogP contribution in [0.15, 0.2) is 0 Å². The molecule has 0 radical (unpaired) electrons. The maximum atomic E-state index is 5.67. The molecule has 0 unspecified atom stereocenters. The van der Waals surface area contributed by atoms with Gasteiger partial charge in [-0.2, -0.15) is 0 Å². The summed E-state index contributed by atoms with van der Waals surface area (Å²) in [6.07, 6.45) is 1.41. The minimum Gasteiger partial charge on any atom is -0.329 e. The number of hydrogen-bond donors (Lipinski definition) is 1. The summed E-state index contributed by atoms with van der Waals surface area (Å²) < 4.78 is 2.62. The summed E-state index contributed by atoms with van der Waals surface area (Å²) in [5.74, 6) is 0. The Labute approximate surface area is 65.7 Å². The van der Waals surface area contributed by atoms with Crippen LogP contribution in [0.25, 0.3) is 0 Å². The van der Waals surface area contributed by atoms with Crippen molar-refractivity contribution in [1.29, 1.82) is 0 Å². The van der Waals surface area contributed by atoms with E-state index in [9.17, 15) is 0 Å². The lowest BCUT2D eigenvalue weighted by Crippen LogP contribution is -2.48. The zero-order chi connectivity index (χ0) is 7.61. The fraction of sp³-hybridized carbons (Fsp3) is 1.00. The molecule has 0 aromatic carbocycles. The van der Waals surface area contributed by atoms with E-state index < -0.39 is 0 Å². The van der Waals surface area contributed by atoms with Crippen LogP contribution in [0.3, 0.4) is 0 Å². The highest BCUT2D eigenvalue weighted by Crippen LogP contribution is 2.18. The lowest BCUT2D eigenvalue weighted by Gasteiger charge is -2.34. The molecular weight excluding hydrogens is 140 g/mol. The predicted octanol–water partition coefficient (Wildman–Crippen LogP) is -0.0685. The van der Waals surface area contributed by atoms with Crippen molar-refractivity contribution in [2.75, 3.05) is 13.1 Å². The van der Waals surface area contributed by atoms with Gasteiger partial charge in [-0.25, -0.2) is 0 Å². The van der Waals surface area contributed by atoms with Crippen LogP contribution in [-0.4, -0.2) is 32.9 Å². The van der Waals surface area contributed by atoms with Crippen LogP contribution in [0.5, 0.6) is 0 Å². The minimum atomic E-state index is 0.0954. The van der Waals surface area contributed by atoms with E-state index in [4.69, 9.17) is 5.73 Å². The molecule has 0 saturated carbocycles. The Morgan fingerprint density at radius 2 is 2.30 bits per heavy atom. The number of rotatable bonds is 2. The smallest absolute Gasteiger partial charge is 0.0958 e. The second-order valence-electron chi connectivity index (χ2n) is 3.71. The molecule has 1 saturated heterocycles. The molecule has 0 spiro atoms. The fourth-order valence-corrected chi connectivity index (χ4v) is 3.46. The Hall–Kier alpha value is 0.137. The molecule has 0 atom stereocenters. The van der Waals surface area contributed by atoms with Crippen LogP contribution in [-0.2, 0) is 0 Å². The SMILES string of the molecule is CC(C)(CN)N1CCC[SiH2]1. The van der Waals surface area contributed by atoms with Crippen molar-refractivity contribution in [1.82, 2.24) is 4.57 Å². The first-order chi connectivity index (χ1) is 4.67. The van der Waals surface area contributed by atoms with Crippen LogP contribution >= 0.6 is 0 Å². The quantitative estimate of drug-likeness (QED) is 0.570. The first-order valence-electron chi connectivity index (χ1n) is 4.12. The lowest BCUT2D eigenvalue weighted by atomic mass is 10.1. The van der Waals surface area contributed by atoms with Crippen LogP contribution in [0.2, 0.25) is 6.04 Å². The lowest BCUT2D eigenvalue weighted by molar-refractivity contribution is 0.254. The highest BCUT2D eigenvalue weighted by Gasteiger charge is 2.26. The predicted molar refractivity (Wildman–Crippen MR) is 47.8 cm³/mol. The molecule has 0 bridgehead atoms. The summed E-state index contributed by atoms with van der Waals surface area (Å²) >= 11 is 0. The Morgan fingerprint density at radius 3 is 2.70 bits per heavy atom. The average Bonchev–Trinajstić information content (AvgIpc) is 2.38. The first kappa shape index (κ1) is 8.24. The van der Waals surface area contributed by atoms with E-state index in [-0.39, 0.29) is 9.68 Å². The Kier molecular flexibility index (Phi) is 2.49. The van der Waals surface area contributed by atoms with Crippen molar-refractivity contribution >= 4 is 9.68 Å². The van der Waals surface area contributed by atoms with E-state index in [1.165, 1.54) is 19.0 Å². The molecule has 0 aliphatic carbocycles. The van der Waals surface area contributed by atoms with Gasteiger partial charge in [0.1, 0.15) is 0 Å². The average molecular weight is 158 g/mol. The summed E-state index contributed by atoms with van der Waals surface area (Å²) in [6, 6.07) is 1.49. The summed E-state index contributed by atoms with van der Waals surface area (Å²) in [6.45, 7) is 6.62. The van der Waals surface area contributed by atoms with Crippen molar-refractivity contribution in [3.8, 4) is 0 Å². The second-order valence-corrected chi connectivity index (χ2v) is 5.63. The highest BCUT2D eigenvalue weighted by molar-refractivity contribution is 6.33. The van der Waals surface area contributed by atoms with Crippen molar-refractivity contribution < 1.29 is 0 Å². The summed E-state index contributed by atoms with van der Waals surface area (Å²) in [5, 5.41) is 0. The van der Waals surface area contributed by atoms with Gasteiger partial charge in [0.15, 0.2) is 0 Å². The van der Waals surface area contributed by atoms with E-state index in [0.717, 1.165) is 6.54 Å². The van der Waals surface area contributed by atoms with Crippen molar-refractivity contribution in [3.05, 3.63) is 0 Å². The Balaban J connectivity index is 2.45. The topological polar surface area (TPSA) is 29.3 Å². The Bertz CT molecular complexity index is 108. The van der Waals surface area contributed by atoms with E-state index in [0.29, 0.717) is 5.54 Å². The van der Waals surface area contributed by atoms with Gasteiger partial charge >= 0.3 is 0 Å². The maximum Gasteiger partial charge on any atom is 0.0958 e. The van der Waals surface area contributed by atoms with Crippen molar-refractivity contribution in [2.45, 2.75) is 31.9 Å². The molecule has 10 heavy (non-hydrogen) atoms. The van der Waals surface area contributed by atoms with Gasteiger partial charge in [-0.3, -0.25) is 0 Å². The first-order valence-corrected chi connectivity index (χ1v) is 5.75. The van der Waals surface area contributed by atoms with Gasteiger partial charge in [-0.1, -0.05) is 0 Å². The Morgan fingerprint density at radius 1 is 1.60 bits per heavy atom. The standard InChI is InChI=1S/C7H18N2Si/c1-7(2,6-8)9-4-3-5-10-9/h3-6,8,10H2,1-2H3. The van der Waals surface area contributed by atoms with Gasteiger partial charge in [0.25, 0.3) is 0 Å². The molecule has 1 fully saturated rings. The van der Waals surface area contributed by atoms with Gasteiger partial charge in [-0.05, 0) is 32.9 Å². The molecular formula is C7H18N2Si. The van der Waals surface area contributed by atoms with Gasteiger partial charge in [0.2, 0.25) is 0 Å². The molecule has 1 heterocycles. The summed E-state index contributed by atoms with van der Waals surface area (Å²) in [4.78, 5) is 0. The second kappa shape index (κ2) is 3.03.